The van der Waals surface area contributed by atoms with Crippen LogP contribution in [0.3, 0.4) is 0 Å². The minimum atomic E-state index is -1.17. The number of thiazole rings is 1. The van der Waals surface area contributed by atoms with Crippen LogP contribution in [0.5, 0.6) is 0 Å². The van der Waals surface area contributed by atoms with Crippen LogP contribution in [-0.2, 0) is 28.0 Å². The van der Waals surface area contributed by atoms with Crippen molar-refractivity contribution < 1.29 is 14.4 Å². The highest BCUT2D eigenvalue weighted by atomic mass is 32.1. The lowest BCUT2D eigenvalue weighted by atomic mass is 9.89. The first kappa shape index (κ1) is 21.6. The molecule has 8 heteroatoms. The van der Waals surface area contributed by atoms with Crippen LogP contribution in [0.15, 0.2) is 42.5 Å². The van der Waals surface area contributed by atoms with E-state index < -0.39 is 17.5 Å². The van der Waals surface area contributed by atoms with Crippen molar-refractivity contribution in [3.63, 3.8) is 0 Å². The van der Waals surface area contributed by atoms with Crippen molar-refractivity contribution in [1.29, 1.82) is 0 Å². The lowest BCUT2D eigenvalue weighted by Crippen LogP contribution is -2.44. The number of aryl methyl sites for hydroxylation is 2. The number of amides is 4. The quantitative estimate of drug-likeness (QED) is 0.585. The first-order chi connectivity index (χ1) is 15.8. The predicted molar refractivity (Wildman–Crippen MR) is 127 cm³/mol. The molecule has 2 atom stereocenters. The topological polar surface area (TPSA) is 82.6 Å². The average Bonchev–Trinajstić information content (AvgIpc) is 3.51. The van der Waals surface area contributed by atoms with Gasteiger partial charge in [0.15, 0.2) is 0 Å². The van der Waals surface area contributed by atoms with Gasteiger partial charge < -0.3 is 10.2 Å². The van der Waals surface area contributed by atoms with E-state index in [4.69, 9.17) is 0 Å². The zero-order valence-corrected chi connectivity index (χ0v) is 19.7. The summed E-state index contributed by atoms with van der Waals surface area (Å²) >= 11 is 1.54. The highest BCUT2D eigenvalue weighted by molar-refractivity contribution is 7.18. The number of likely N-dealkylation sites (N-methyl/N-ethyl adjacent to an activating group) is 1. The first-order valence-electron chi connectivity index (χ1n) is 11.2. The smallest absolute Gasteiger partial charge is 0.325 e. The molecule has 1 N–H and O–H groups in total. The van der Waals surface area contributed by atoms with Crippen molar-refractivity contribution in [2.75, 3.05) is 13.6 Å². The number of carbonyl (C=O) groups is 3. The Balaban J connectivity index is 1.32. The van der Waals surface area contributed by atoms with Gasteiger partial charge in [0.1, 0.15) is 17.1 Å². The Bertz CT molecular complexity index is 1250. The van der Waals surface area contributed by atoms with Crippen molar-refractivity contribution in [3.8, 4) is 0 Å². The molecule has 0 spiro atoms. The fourth-order valence-electron chi connectivity index (χ4n) is 4.62. The molecule has 1 saturated heterocycles. The van der Waals surface area contributed by atoms with E-state index in [0.717, 1.165) is 45.0 Å². The SMILES string of the molecule is C[C@H](c1nc2ccccc2s1)N(C)C(=O)CN1C(=O)N[C@](C)(c2ccc3c(c2)CCC3)C1=O. The van der Waals surface area contributed by atoms with Crippen molar-refractivity contribution in [2.45, 2.75) is 44.7 Å². The molecule has 1 aromatic heterocycles. The van der Waals surface area contributed by atoms with Gasteiger partial charge in [0.25, 0.3) is 5.91 Å². The minimum absolute atomic E-state index is 0.279. The van der Waals surface area contributed by atoms with Gasteiger partial charge in [-0.2, -0.15) is 0 Å². The number of hydrogen-bond acceptors (Lipinski definition) is 5. The zero-order valence-electron chi connectivity index (χ0n) is 18.9. The first-order valence-corrected chi connectivity index (χ1v) is 12.0. The number of para-hydroxylation sites is 1. The fraction of sp³-hybridized carbons (Fsp3) is 0.360. The van der Waals surface area contributed by atoms with Crippen LogP contribution >= 0.6 is 11.3 Å². The van der Waals surface area contributed by atoms with Crippen molar-refractivity contribution in [1.82, 2.24) is 20.1 Å². The number of benzene rings is 2. The van der Waals surface area contributed by atoms with E-state index in [1.54, 1.807) is 18.9 Å². The molecule has 1 aliphatic heterocycles. The molecule has 1 aliphatic carbocycles. The van der Waals surface area contributed by atoms with Crippen molar-refractivity contribution in [3.05, 3.63) is 64.2 Å². The van der Waals surface area contributed by atoms with Crippen LogP contribution in [-0.4, -0.2) is 46.2 Å². The molecule has 0 radical (unpaired) electrons. The molecule has 3 aromatic rings. The maximum Gasteiger partial charge on any atom is 0.325 e. The predicted octanol–water partition coefficient (Wildman–Crippen LogP) is 3.77. The molecule has 1 fully saturated rings. The monoisotopic (exact) mass is 462 g/mol. The number of hydrogen-bond donors (Lipinski definition) is 1. The van der Waals surface area contributed by atoms with Gasteiger partial charge in [0.05, 0.1) is 16.3 Å². The van der Waals surface area contributed by atoms with E-state index >= 15 is 0 Å². The third-order valence-electron chi connectivity index (χ3n) is 6.89. The largest absolute Gasteiger partial charge is 0.335 e. The minimum Gasteiger partial charge on any atom is -0.335 e. The molecule has 0 unspecified atom stereocenters. The summed E-state index contributed by atoms with van der Waals surface area (Å²) in [6.45, 7) is 3.30. The van der Waals surface area contributed by atoms with Crippen LogP contribution in [0.1, 0.15) is 48.0 Å². The second-order valence-corrected chi connectivity index (χ2v) is 10.0. The highest BCUT2D eigenvalue weighted by Crippen LogP contribution is 2.33. The van der Waals surface area contributed by atoms with Gasteiger partial charge in [-0.15, -0.1) is 11.3 Å². The molecule has 0 saturated carbocycles. The second kappa shape index (κ2) is 7.95. The zero-order chi connectivity index (χ0) is 23.3. The van der Waals surface area contributed by atoms with E-state index in [2.05, 4.69) is 10.3 Å². The molecule has 2 heterocycles. The van der Waals surface area contributed by atoms with Crippen molar-refractivity contribution in [2.24, 2.45) is 0 Å². The van der Waals surface area contributed by atoms with Gasteiger partial charge in [0, 0.05) is 7.05 Å². The Hall–Kier alpha value is -3.26. The second-order valence-electron chi connectivity index (χ2n) is 8.98. The maximum atomic E-state index is 13.3. The maximum absolute atomic E-state index is 13.3. The van der Waals surface area contributed by atoms with Crippen molar-refractivity contribution >= 4 is 39.4 Å². The van der Waals surface area contributed by atoms with Gasteiger partial charge in [0.2, 0.25) is 5.91 Å². The van der Waals surface area contributed by atoms with Gasteiger partial charge in [-0.3, -0.25) is 14.5 Å². The van der Waals surface area contributed by atoms with Gasteiger partial charge in [-0.1, -0.05) is 30.3 Å². The Labute approximate surface area is 196 Å². The molecule has 0 bridgehead atoms. The number of nitrogens with one attached hydrogen (secondary N) is 1. The summed E-state index contributed by atoms with van der Waals surface area (Å²) in [6.07, 6.45) is 3.14. The van der Waals surface area contributed by atoms with Gasteiger partial charge in [-0.25, -0.2) is 9.78 Å². The molecule has 4 amide bonds. The molecule has 5 rings (SSSR count). The molecular formula is C25H26N4O3S. The van der Waals surface area contributed by atoms with Crippen LogP contribution in [0, 0.1) is 0 Å². The lowest BCUT2D eigenvalue weighted by molar-refractivity contribution is -0.139. The standard InChI is InChI=1S/C25H26N4O3S/c1-15(22-26-19-9-4-5-10-20(19)33-22)28(3)21(30)14-29-23(31)25(2,27-24(29)32)18-12-11-16-7-6-8-17(16)13-18/h4-5,9-13,15H,6-8,14H2,1-3H3,(H,27,32)/t15-,25-/m1/s1. The van der Waals surface area contributed by atoms with Gasteiger partial charge in [-0.05, 0) is 61.9 Å². The molecule has 2 aliphatic rings. The Morgan fingerprint density at radius 3 is 2.76 bits per heavy atom. The Morgan fingerprint density at radius 1 is 1.21 bits per heavy atom. The van der Waals surface area contributed by atoms with E-state index in [-0.39, 0.29) is 18.5 Å². The molecule has 2 aromatic carbocycles. The summed E-state index contributed by atoms with van der Waals surface area (Å²) < 4.78 is 1.06. The van der Waals surface area contributed by atoms with Crippen LogP contribution in [0.4, 0.5) is 4.79 Å². The molecule has 7 nitrogen and oxygen atoms in total. The summed E-state index contributed by atoms with van der Waals surface area (Å²) in [5.74, 6) is -0.719. The Kier molecular flexibility index (Phi) is 5.20. The van der Waals surface area contributed by atoms with Crippen LogP contribution in [0.2, 0.25) is 0 Å². The lowest BCUT2D eigenvalue weighted by Gasteiger charge is -2.26. The normalized spacial score (nSPS) is 20.8. The van der Waals surface area contributed by atoms with Gasteiger partial charge >= 0.3 is 6.03 Å². The highest BCUT2D eigenvalue weighted by Gasteiger charge is 2.50. The van der Waals surface area contributed by atoms with E-state index in [9.17, 15) is 14.4 Å². The summed E-state index contributed by atoms with van der Waals surface area (Å²) in [5, 5.41) is 3.63. The average molecular weight is 463 g/mol. The number of imide groups is 1. The van der Waals surface area contributed by atoms with E-state index in [1.807, 2.05) is 49.4 Å². The third-order valence-corrected chi connectivity index (χ3v) is 8.09. The molecule has 170 valence electrons. The number of fused-ring (bicyclic) bond motifs is 2. The fourth-order valence-corrected chi connectivity index (χ4v) is 5.68. The number of aromatic nitrogens is 1. The number of urea groups is 1. The van der Waals surface area contributed by atoms with E-state index in [1.165, 1.54) is 22.5 Å². The molecule has 33 heavy (non-hydrogen) atoms. The molecular weight excluding hydrogens is 436 g/mol. The number of nitrogens with zero attached hydrogens (tertiary/aromatic N) is 3. The number of carbonyl (C=O) groups excluding carboxylic acids is 3. The van der Waals surface area contributed by atoms with Crippen LogP contribution in [0.25, 0.3) is 10.2 Å². The third kappa shape index (κ3) is 3.58. The Morgan fingerprint density at radius 2 is 1.97 bits per heavy atom. The summed E-state index contributed by atoms with van der Waals surface area (Å²) in [4.78, 5) is 46.3. The summed E-state index contributed by atoms with van der Waals surface area (Å²) in [7, 11) is 1.68. The van der Waals surface area contributed by atoms with E-state index in [0.29, 0.717) is 0 Å². The summed E-state index contributed by atoms with van der Waals surface area (Å²) in [5.41, 5.74) is 3.01. The summed E-state index contributed by atoms with van der Waals surface area (Å²) in [6, 6.07) is 13.0. The van der Waals surface area contributed by atoms with Crippen LogP contribution < -0.4 is 5.32 Å². The number of rotatable bonds is 5.